The Bertz CT molecular complexity index is 568. The highest BCUT2D eigenvalue weighted by atomic mass is 32.2. The van der Waals surface area contributed by atoms with Crippen LogP contribution in [0.25, 0.3) is 0 Å². The Hall–Kier alpha value is -0.980. The van der Waals surface area contributed by atoms with E-state index in [1.807, 2.05) is 0 Å². The Morgan fingerprint density at radius 2 is 2.06 bits per heavy atom. The first-order valence-electron chi connectivity index (χ1n) is 5.85. The number of hydrogen-bond acceptors (Lipinski definition) is 3. The summed E-state index contributed by atoms with van der Waals surface area (Å²) in [6.45, 7) is 1.54. The van der Waals surface area contributed by atoms with Gasteiger partial charge in [-0.3, -0.25) is 0 Å². The SMILES string of the molecule is Cc1cc(S(=O)(=O)N(C)C2CC2)cc(CN)c1F. The molecule has 1 aromatic rings. The minimum Gasteiger partial charge on any atom is -0.326 e. The summed E-state index contributed by atoms with van der Waals surface area (Å²) < 4.78 is 39.6. The molecule has 0 radical (unpaired) electrons. The lowest BCUT2D eigenvalue weighted by molar-refractivity contribution is 0.464. The zero-order valence-corrected chi connectivity index (χ0v) is 11.3. The Labute approximate surface area is 107 Å². The number of nitrogens with two attached hydrogens (primary N) is 1. The number of nitrogens with zero attached hydrogens (tertiary/aromatic N) is 1. The van der Waals surface area contributed by atoms with Crippen LogP contribution in [0.2, 0.25) is 0 Å². The van der Waals surface area contributed by atoms with E-state index in [2.05, 4.69) is 0 Å². The van der Waals surface area contributed by atoms with Gasteiger partial charge in [0.1, 0.15) is 5.82 Å². The number of aryl methyl sites for hydroxylation is 1. The Morgan fingerprint density at radius 3 is 2.56 bits per heavy atom. The van der Waals surface area contributed by atoms with Gasteiger partial charge in [-0.15, -0.1) is 0 Å². The smallest absolute Gasteiger partial charge is 0.243 e. The van der Waals surface area contributed by atoms with Gasteiger partial charge in [-0.1, -0.05) is 0 Å². The summed E-state index contributed by atoms with van der Waals surface area (Å²) >= 11 is 0. The predicted octanol–water partition coefficient (Wildman–Crippen LogP) is 1.38. The summed E-state index contributed by atoms with van der Waals surface area (Å²) in [4.78, 5) is 0.122. The van der Waals surface area contributed by atoms with Crippen molar-refractivity contribution in [2.75, 3.05) is 7.05 Å². The van der Waals surface area contributed by atoms with Crippen LogP contribution in [0.15, 0.2) is 17.0 Å². The molecule has 0 amide bonds. The fraction of sp³-hybridized carbons (Fsp3) is 0.500. The normalized spacial score (nSPS) is 16.3. The van der Waals surface area contributed by atoms with E-state index in [9.17, 15) is 12.8 Å². The average molecular weight is 272 g/mol. The summed E-state index contributed by atoms with van der Waals surface area (Å²) in [5.41, 5.74) is 5.97. The van der Waals surface area contributed by atoms with Crippen molar-refractivity contribution >= 4 is 10.0 Å². The van der Waals surface area contributed by atoms with Crippen LogP contribution in [0.5, 0.6) is 0 Å². The zero-order chi connectivity index (χ0) is 13.5. The second-order valence-electron chi connectivity index (χ2n) is 4.67. The van der Waals surface area contributed by atoms with Crippen LogP contribution in [-0.2, 0) is 16.6 Å². The molecule has 0 heterocycles. The third kappa shape index (κ3) is 2.28. The lowest BCUT2D eigenvalue weighted by Gasteiger charge is -2.17. The molecule has 0 bridgehead atoms. The quantitative estimate of drug-likeness (QED) is 0.900. The molecule has 1 aromatic carbocycles. The standard InChI is InChI=1S/C12H17FN2O2S/c1-8-5-11(6-9(7-14)12(8)13)18(16,17)15(2)10-3-4-10/h5-6,10H,3-4,7,14H2,1-2H3. The van der Waals surface area contributed by atoms with Crippen molar-refractivity contribution in [2.24, 2.45) is 5.73 Å². The Kier molecular flexibility index (Phi) is 3.44. The van der Waals surface area contributed by atoms with Gasteiger partial charge in [0, 0.05) is 25.2 Å². The van der Waals surface area contributed by atoms with Crippen molar-refractivity contribution in [3.63, 3.8) is 0 Å². The van der Waals surface area contributed by atoms with Crippen molar-refractivity contribution in [2.45, 2.75) is 37.2 Å². The second-order valence-corrected chi connectivity index (χ2v) is 6.67. The van der Waals surface area contributed by atoms with Gasteiger partial charge in [0.15, 0.2) is 0 Å². The Balaban J connectivity index is 2.47. The van der Waals surface area contributed by atoms with Gasteiger partial charge in [-0.2, -0.15) is 4.31 Å². The molecule has 0 atom stereocenters. The van der Waals surface area contributed by atoms with Gasteiger partial charge in [0.25, 0.3) is 0 Å². The number of halogens is 1. The molecule has 2 N–H and O–H groups in total. The van der Waals surface area contributed by atoms with E-state index in [1.54, 1.807) is 14.0 Å². The van der Waals surface area contributed by atoms with Crippen LogP contribution < -0.4 is 5.73 Å². The van der Waals surface area contributed by atoms with Crippen LogP contribution in [0.3, 0.4) is 0 Å². The van der Waals surface area contributed by atoms with E-state index in [1.165, 1.54) is 16.4 Å². The lowest BCUT2D eigenvalue weighted by Crippen LogP contribution is -2.29. The summed E-state index contributed by atoms with van der Waals surface area (Å²) in [5.74, 6) is -0.425. The highest BCUT2D eigenvalue weighted by Crippen LogP contribution is 2.31. The number of rotatable bonds is 4. The molecule has 0 spiro atoms. The van der Waals surface area contributed by atoms with Gasteiger partial charge in [0.05, 0.1) is 4.90 Å². The second kappa shape index (κ2) is 4.60. The van der Waals surface area contributed by atoms with Crippen molar-refractivity contribution < 1.29 is 12.8 Å². The van der Waals surface area contributed by atoms with Gasteiger partial charge in [0.2, 0.25) is 10.0 Å². The average Bonchev–Trinajstić information content (AvgIpc) is 3.15. The fourth-order valence-electron chi connectivity index (χ4n) is 1.90. The maximum atomic E-state index is 13.7. The van der Waals surface area contributed by atoms with E-state index in [-0.39, 0.29) is 23.0 Å². The molecule has 1 fully saturated rings. The van der Waals surface area contributed by atoms with E-state index >= 15 is 0 Å². The molecule has 18 heavy (non-hydrogen) atoms. The Morgan fingerprint density at radius 1 is 1.44 bits per heavy atom. The number of benzene rings is 1. The molecular formula is C12H17FN2O2S. The van der Waals surface area contributed by atoms with Crippen molar-refractivity contribution in [1.82, 2.24) is 4.31 Å². The monoisotopic (exact) mass is 272 g/mol. The first kappa shape index (κ1) is 13.5. The van der Waals surface area contributed by atoms with E-state index in [4.69, 9.17) is 5.73 Å². The van der Waals surface area contributed by atoms with Gasteiger partial charge in [-0.05, 0) is 37.5 Å². The minimum atomic E-state index is -3.54. The number of hydrogen-bond donors (Lipinski definition) is 1. The molecule has 0 aromatic heterocycles. The zero-order valence-electron chi connectivity index (χ0n) is 10.5. The summed E-state index contributed by atoms with van der Waals surface area (Å²) in [6.07, 6.45) is 1.78. The molecule has 2 rings (SSSR count). The summed E-state index contributed by atoms with van der Waals surface area (Å²) in [6, 6.07) is 2.78. The maximum absolute atomic E-state index is 13.7. The van der Waals surface area contributed by atoms with Gasteiger partial charge in [-0.25, -0.2) is 12.8 Å². The molecule has 4 nitrogen and oxygen atoms in total. The molecule has 1 saturated carbocycles. The molecule has 1 aliphatic carbocycles. The van der Waals surface area contributed by atoms with E-state index in [0.29, 0.717) is 5.56 Å². The molecule has 0 saturated heterocycles. The molecule has 0 unspecified atom stereocenters. The van der Waals surface area contributed by atoms with Crippen molar-refractivity contribution in [3.05, 3.63) is 29.1 Å². The molecule has 1 aliphatic rings. The van der Waals surface area contributed by atoms with Crippen LogP contribution in [-0.4, -0.2) is 25.8 Å². The summed E-state index contributed by atoms with van der Waals surface area (Å²) in [5, 5.41) is 0. The maximum Gasteiger partial charge on any atom is 0.243 e. The van der Waals surface area contributed by atoms with Crippen LogP contribution in [0.4, 0.5) is 4.39 Å². The number of sulfonamides is 1. The molecule has 100 valence electrons. The van der Waals surface area contributed by atoms with Crippen LogP contribution >= 0.6 is 0 Å². The van der Waals surface area contributed by atoms with Crippen molar-refractivity contribution in [3.8, 4) is 0 Å². The highest BCUT2D eigenvalue weighted by Gasteiger charge is 2.35. The van der Waals surface area contributed by atoms with Gasteiger partial charge < -0.3 is 5.73 Å². The summed E-state index contributed by atoms with van der Waals surface area (Å²) in [7, 11) is -1.97. The largest absolute Gasteiger partial charge is 0.326 e. The molecule has 0 aliphatic heterocycles. The molecular weight excluding hydrogens is 255 g/mol. The lowest BCUT2D eigenvalue weighted by atomic mass is 10.1. The van der Waals surface area contributed by atoms with Crippen molar-refractivity contribution in [1.29, 1.82) is 0 Å². The van der Waals surface area contributed by atoms with Crippen LogP contribution in [0, 0.1) is 12.7 Å². The topological polar surface area (TPSA) is 63.4 Å². The van der Waals surface area contributed by atoms with E-state index in [0.717, 1.165) is 12.8 Å². The first-order chi connectivity index (χ1) is 8.37. The molecule has 6 heteroatoms. The van der Waals surface area contributed by atoms with Crippen LogP contribution in [0.1, 0.15) is 24.0 Å². The van der Waals surface area contributed by atoms with Gasteiger partial charge >= 0.3 is 0 Å². The third-order valence-corrected chi connectivity index (χ3v) is 5.15. The fourth-order valence-corrected chi connectivity index (χ4v) is 3.46. The third-order valence-electron chi connectivity index (χ3n) is 3.26. The highest BCUT2D eigenvalue weighted by molar-refractivity contribution is 7.89. The van der Waals surface area contributed by atoms with E-state index < -0.39 is 15.8 Å². The minimum absolute atomic E-state index is 0.0107. The first-order valence-corrected chi connectivity index (χ1v) is 7.29. The predicted molar refractivity (Wildman–Crippen MR) is 67.0 cm³/mol.